The molecule has 14 heteroatoms. The maximum atomic E-state index is 12.7. The van der Waals surface area contributed by atoms with Gasteiger partial charge in [0.05, 0.1) is 24.4 Å². The Kier molecular flexibility index (Phi) is 8.37. The average Bonchev–Trinajstić information content (AvgIpc) is 3.38. The number of hydrogen-bond donors (Lipinski definition) is 3. The van der Waals surface area contributed by atoms with E-state index in [0.717, 1.165) is 5.56 Å². The predicted molar refractivity (Wildman–Crippen MR) is 118 cm³/mol. The van der Waals surface area contributed by atoms with Crippen LogP contribution in [0, 0.1) is 19.8 Å². The van der Waals surface area contributed by atoms with Gasteiger partial charge in [-0.25, -0.2) is 13.1 Å². The maximum absolute atomic E-state index is 12.7. The van der Waals surface area contributed by atoms with Crippen LogP contribution in [0.4, 0.5) is 0 Å². The van der Waals surface area contributed by atoms with E-state index in [0.29, 0.717) is 5.69 Å². The van der Waals surface area contributed by atoms with Gasteiger partial charge in [0.15, 0.2) is 5.76 Å². The van der Waals surface area contributed by atoms with Crippen LogP contribution >= 0.6 is 24.8 Å². The first-order chi connectivity index (χ1) is 14.3. The first-order valence-corrected chi connectivity index (χ1v) is 10.9. The zero-order chi connectivity index (χ0) is 21.5. The zero-order valence-corrected chi connectivity index (χ0v) is 19.6. The molecule has 1 fully saturated rings. The molecule has 0 unspecified atom stereocenters. The van der Waals surface area contributed by atoms with E-state index in [-0.39, 0.29) is 54.1 Å². The molecular weight excluding hydrogens is 483 g/mol. The molecule has 11 nitrogen and oxygen atoms in total. The molecule has 1 saturated carbocycles. The molecule has 0 aliphatic heterocycles. The number of halogens is 2. The third-order valence-electron chi connectivity index (χ3n) is 5.26. The summed E-state index contributed by atoms with van der Waals surface area (Å²) in [7, 11) is -3.97. The highest BCUT2D eigenvalue weighted by Gasteiger charge is 2.44. The van der Waals surface area contributed by atoms with E-state index >= 15 is 0 Å². The molecule has 0 amide bonds. The molecular formula is C18H24Cl2N6O5S. The Balaban J connectivity index is 0.00000181. The number of rotatable bonds is 6. The van der Waals surface area contributed by atoms with E-state index in [1.54, 1.807) is 29.3 Å². The van der Waals surface area contributed by atoms with Crippen molar-refractivity contribution in [2.75, 3.05) is 0 Å². The Bertz CT molecular complexity index is 1120. The highest BCUT2D eigenvalue weighted by molar-refractivity contribution is 7.89. The fourth-order valence-electron chi connectivity index (χ4n) is 3.81. The Hall–Kier alpha value is -2.09. The van der Waals surface area contributed by atoms with Crippen molar-refractivity contribution in [1.29, 1.82) is 0 Å². The third kappa shape index (κ3) is 5.11. The van der Waals surface area contributed by atoms with E-state index in [2.05, 4.69) is 25.2 Å². The quantitative estimate of drug-likeness (QED) is 0.441. The van der Waals surface area contributed by atoms with Crippen LogP contribution in [0.15, 0.2) is 40.1 Å². The van der Waals surface area contributed by atoms with Gasteiger partial charge in [0, 0.05) is 30.4 Å². The van der Waals surface area contributed by atoms with Crippen LogP contribution in [0.25, 0.3) is 11.3 Å². The molecule has 3 aromatic heterocycles. The minimum atomic E-state index is -3.97. The molecule has 3 N–H and O–H groups in total. The SMILES string of the molecule is Cc1noc(C)c1S(=O)(=O)N[C@@H]1C[C@H](Cn2cc(-c3cccnc3)nn2)[C@@H](O)[C@H]1O.Cl.Cl. The molecule has 0 aromatic carbocycles. The van der Waals surface area contributed by atoms with Crippen molar-refractivity contribution in [3.8, 4) is 11.3 Å². The third-order valence-corrected chi connectivity index (χ3v) is 7.00. The summed E-state index contributed by atoms with van der Waals surface area (Å²) < 4.78 is 34.4. The Labute approximate surface area is 197 Å². The number of hydrogen-bond acceptors (Lipinski definition) is 9. The van der Waals surface area contributed by atoms with Gasteiger partial charge in [0.25, 0.3) is 0 Å². The summed E-state index contributed by atoms with van der Waals surface area (Å²) in [5, 5.41) is 32.7. The molecule has 4 atom stereocenters. The predicted octanol–water partition coefficient (Wildman–Crippen LogP) is 0.877. The summed E-state index contributed by atoms with van der Waals surface area (Å²) >= 11 is 0. The number of pyridine rings is 1. The van der Waals surface area contributed by atoms with Crippen LogP contribution in [-0.4, -0.2) is 62.0 Å². The molecule has 0 bridgehead atoms. The summed E-state index contributed by atoms with van der Waals surface area (Å²) in [6.45, 7) is 3.30. The first kappa shape index (κ1) is 26.2. The van der Waals surface area contributed by atoms with E-state index in [1.807, 2.05) is 6.07 Å². The lowest BCUT2D eigenvalue weighted by atomic mass is 10.1. The molecule has 4 rings (SSSR count). The average molecular weight is 507 g/mol. The molecule has 0 spiro atoms. The second kappa shape index (κ2) is 10.2. The van der Waals surface area contributed by atoms with Gasteiger partial charge in [0.1, 0.15) is 16.3 Å². The highest BCUT2D eigenvalue weighted by atomic mass is 35.5. The standard InChI is InChI=1S/C18H22N6O5S.2ClH/c1-10-18(11(2)29-21-10)30(27,28)22-14-6-13(16(25)17(14)26)8-24-9-15(20-23-24)12-4-3-5-19-7-12;;/h3-5,7,9,13-14,16-17,22,25-26H,6,8H2,1-2H3;2*1H/t13-,14-,16-,17+;;/m1../s1. The van der Waals surface area contributed by atoms with E-state index in [9.17, 15) is 18.6 Å². The van der Waals surface area contributed by atoms with Gasteiger partial charge in [-0.3, -0.25) is 9.67 Å². The maximum Gasteiger partial charge on any atom is 0.246 e. The molecule has 3 aromatic rings. The van der Waals surface area contributed by atoms with Crippen LogP contribution < -0.4 is 4.72 Å². The van der Waals surface area contributed by atoms with Gasteiger partial charge in [-0.2, -0.15) is 0 Å². The molecule has 1 aliphatic carbocycles. The Morgan fingerprint density at radius 2 is 2.00 bits per heavy atom. The van der Waals surface area contributed by atoms with Gasteiger partial charge in [-0.05, 0) is 32.4 Å². The van der Waals surface area contributed by atoms with E-state index < -0.39 is 34.2 Å². The van der Waals surface area contributed by atoms with Gasteiger partial charge in [-0.15, -0.1) is 29.9 Å². The molecule has 0 saturated heterocycles. The highest BCUT2D eigenvalue weighted by Crippen LogP contribution is 2.30. The van der Waals surface area contributed by atoms with Crippen molar-refractivity contribution < 1.29 is 23.2 Å². The summed E-state index contributed by atoms with van der Waals surface area (Å²) in [6, 6.07) is 2.79. The number of aliphatic hydroxyl groups is 2. The second-order valence-corrected chi connectivity index (χ2v) is 9.08. The lowest BCUT2D eigenvalue weighted by Crippen LogP contribution is -2.43. The number of aliphatic hydroxyl groups excluding tert-OH is 2. The summed E-state index contributed by atoms with van der Waals surface area (Å²) in [5.41, 5.74) is 1.67. The van der Waals surface area contributed by atoms with Crippen LogP contribution in [0.2, 0.25) is 0 Å². The van der Waals surface area contributed by atoms with Crippen LogP contribution in [-0.2, 0) is 16.6 Å². The fraction of sp³-hybridized carbons (Fsp3) is 0.444. The molecule has 3 heterocycles. The van der Waals surface area contributed by atoms with E-state index in [1.165, 1.54) is 13.8 Å². The van der Waals surface area contributed by atoms with Crippen molar-refractivity contribution in [3.05, 3.63) is 42.2 Å². The number of aromatic nitrogens is 5. The minimum absolute atomic E-state index is 0. The topological polar surface area (TPSA) is 156 Å². The molecule has 32 heavy (non-hydrogen) atoms. The number of sulfonamides is 1. The smallest absolute Gasteiger partial charge is 0.246 e. The lowest BCUT2D eigenvalue weighted by molar-refractivity contribution is 0.00972. The number of nitrogens with one attached hydrogen (secondary N) is 1. The van der Waals surface area contributed by atoms with Crippen molar-refractivity contribution >= 4 is 34.8 Å². The minimum Gasteiger partial charge on any atom is -0.390 e. The first-order valence-electron chi connectivity index (χ1n) is 9.38. The molecule has 0 radical (unpaired) electrons. The van der Waals surface area contributed by atoms with Gasteiger partial charge in [-0.1, -0.05) is 10.4 Å². The summed E-state index contributed by atoms with van der Waals surface area (Å²) in [6.07, 6.45) is 2.90. The molecule has 176 valence electrons. The van der Waals surface area contributed by atoms with Crippen molar-refractivity contribution in [2.24, 2.45) is 5.92 Å². The summed E-state index contributed by atoms with van der Waals surface area (Å²) in [5.74, 6) is -0.254. The Morgan fingerprint density at radius 3 is 2.62 bits per heavy atom. The Morgan fingerprint density at radius 1 is 1.25 bits per heavy atom. The van der Waals surface area contributed by atoms with Crippen molar-refractivity contribution in [2.45, 2.75) is 50.0 Å². The van der Waals surface area contributed by atoms with Crippen LogP contribution in [0.5, 0.6) is 0 Å². The zero-order valence-electron chi connectivity index (χ0n) is 17.2. The van der Waals surface area contributed by atoms with E-state index in [4.69, 9.17) is 4.52 Å². The largest absolute Gasteiger partial charge is 0.390 e. The van der Waals surface area contributed by atoms with Gasteiger partial charge < -0.3 is 14.7 Å². The lowest BCUT2D eigenvalue weighted by Gasteiger charge is -2.18. The fourth-order valence-corrected chi connectivity index (χ4v) is 5.41. The summed E-state index contributed by atoms with van der Waals surface area (Å²) in [4.78, 5) is 4.00. The second-order valence-electron chi connectivity index (χ2n) is 7.43. The number of nitrogens with zero attached hydrogens (tertiary/aromatic N) is 5. The van der Waals surface area contributed by atoms with Crippen molar-refractivity contribution in [1.82, 2.24) is 29.9 Å². The van der Waals surface area contributed by atoms with Crippen LogP contribution in [0.1, 0.15) is 17.9 Å². The van der Waals surface area contributed by atoms with Gasteiger partial charge in [0.2, 0.25) is 10.0 Å². The van der Waals surface area contributed by atoms with Crippen LogP contribution in [0.3, 0.4) is 0 Å². The van der Waals surface area contributed by atoms with Gasteiger partial charge >= 0.3 is 0 Å². The molecule has 1 aliphatic rings. The normalized spacial score (nSPS) is 22.9. The number of aryl methyl sites for hydroxylation is 2. The van der Waals surface area contributed by atoms with Crippen molar-refractivity contribution in [3.63, 3.8) is 0 Å². The monoisotopic (exact) mass is 506 g/mol.